The molecule has 2 aliphatic rings. The lowest BCUT2D eigenvalue weighted by Gasteiger charge is -2.20. The lowest BCUT2D eigenvalue weighted by molar-refractivity contribution is -0.137. The molecule has 0 radical (unpaired) electrons. The lowest BCUT2D eigenvalue weighted by Crippen LogP contribution is -2.11. The van der Waals surface area contributed by atoms with Crippen molar-refractivity contribution in [1.82, 2.24) is 0 Å². The highest BCUT2D eigenvalue weighted by atomic mass is 16.5. The van der Waals surface area contributed by atoms with E-state index in [1.807, 2.05) is 6.07 Å². The van der Waals surface area contributed by atoms with E-state index < -0.39 is 5.97 Å². The molecule has 1 N–H and O–H groups in total. The van der Waals surface area contributed by atoms with Gasteiger partial charge < -0.3 is 14.6 Å². The predicted octanol–water partition coefficient (Wildman–Crippen LogP) is 2.63. The van der Waals surface area contributed by atoms with Crippen molar-refractivity contribution in [1.29, 1.82) is 0 Å². The van der Waals surface area contributed by atoms with Crippen LogP contribution in [0.1, 0.15) is 47.5 Å². The number of carboxylic acid groups (broad SMARTS) is 1. The summed E-state index contributed by atoms with van der Waals surface area (Å²) in [6.45, 7) is 1.02. The zero-order valence-electron chi connectivity index (χ0n) is 11.7. The molecule has 1 fully saturated rings. The van der Waals surface area contributed by atoms with Crippen LogP contribution in [0, 0.1) is 5.92 Å². The molecular formula is C16H18O5. The van der Waals surface area contributed by atoms with E-state index in [4.69, 9.17) is 14.6 Å². The summed E-state index contributed by atoms with van der Waals surface area (Å²) in [5.41, 5.74) is 1.32. The Bertz CT molecular complexity index is 562. The number of aliphatic carboxylic acids is 1. The van der Waals surface area contributed by atoms with Crippen LogP contribution in [0.5, 0.6) is 11.5 Å². The van der Waals surface area contributed by atoms with E-state index in [1.165, 1.54) is 0 Å². The number of hydrogen-bond donors (Lipinski definition) is 1. The van der Waals surface area contributed by atoms with Crippen LogP contribution in [-0.2, 0) is 4.79 Å². The largest absolute Gasteiger partial charge is 0.489 e. The third-order valence-electron chi connectivity index (χ3n) is 4.07. The Morgan fingerprint density at radius 3 is 2.62 bits per heavy atom. The van der Waals surface area contributed by atoms with Crippen molar-refractivity contribution in [3.63, 3.8) is 0 Å². The third-order valence-corrected chi connectivity index (χ3v) is 4.07. The molecule has 0 saturated heterocycles. The van der Waals surface area contributed by atoms with Crippen LogP contribution in [0.2, 0.25) is 0 Å². The molecule has 3 rings (SSSR count). The van der Waals surface area contributed by atoms with E-state index in [0.717, 1.165) is 31.1 Å². The summed E-state index contributed by atoms with van der Waals surface area (Å²) >= 11 is 0. The lowest BCUT2D eigenvalue weighted by atomic mass is 9.89. The summed E-state index contributed by atoms with van der Waals surface area (Å²) in [4.78, 5) is 22.3. The average Bonchev–Trinajstić information content (AvgIpc) is 3.29. The van der Waals surface area contributed by atoms with E-state index in [1.54, 1.807) is 6.07 Å². The Hall–Kier alpha value is -2.04. The van der Waals surface area contributed by atoms with Crippen molar-refractivity contribution in [3.05, 3.63) is 23.3 Å². The van der Waals surface area contributed by atoms with Gasteiger partial charge in [0.2, 0.25) is 0 Å². The second-order valence-corrected chi connectivity index (χ2v) is 5.61. The fraction of sp³-hybridized carbons (Fsp3) is 0.500. The molecule has 1 saturated carbocycles. The molecule has 1 aromatic rings. The first-order valence-electron chi connectivity index (χ1n) is 7.30. The second-order valence-electron chi connectivity index (χ2n) is 5.61. The Balaban J connectivity index is 2.04. The maximum Gasteiger partial charge on any atom is 0.303 e. The van der Waals surface area contributed by atoms with Gasteiger partial charge >= 0.3 is 5.97 Å². The Morgan fingerprint density at radius 1 is 1.29 bits per heavy atom. The average molecular weight is 290 g/mol. The molecule has 1 atom stereocenters. The Labute approximate surface area is 122 Å². The number of rotatable bonds is 5. The molecule has 0 amide bonds. The van der Waals surface area contributed by atoms with E-state index in [-0.39, 0.29) is 12.3 Å². The number of fused-ring (bicyclic) bond motifs is 1. The van der Waals surface area contributed by atoms with Gasteiger partial charge in [-0.05, 0) is 24.8 Å². The van der Waals surface area contributed by atoms with Gasteiger partial charge in [0.15, 0.2) is 17.8 Å². The Kier molecular flexibility index (Phi) is 3.82. The van der Waals surface area contributed by atoms with Gasteiger partial charge in [-0.15, -0.1) is 0 Å². The van der Waals surface area contributed by atoms with E-state index in [9.17, 15) is 9.59 Å². The van der Waals surface area contributed by atoms with Gasteiger partial charge in [0.05, 0.1) is 25.2 Å². The minimum absolute atomic E-state index is 0.0707. The molecule has 0 bridgehead atoms. The van der Waals surface area contributed by atoms with Gasteiger partial charge in [0, 0.05) is 17.9 Å². The van der Waals surface area contributed by atoms with Crippen molar-refractivity contribution in [3.8, 4) is 11.5 Å². The minimum atomic E-state index is -0.811. The highest BCUT2D eigenvalue weighted by molar-refractivity contribution is 5.82. The smallest absolute Gasteiger partial charge is 0.303 e. The number of ether oxygens (including phenoxy) is 2. The fourth-order valence-corrected chi connectivity index (χ4v) is 2.90. The van der Waals surface area contributed by atoms with E-state index in [0.29, 0.717) is 36.2 Å². The zero-order valence-corrected chi connectivity index (χ0v) is 11.7. The normalized spacial score (nSPS) is 18.7. The summed E-state index contributed by atoms with van der Waals surface area (Å²) in [5, 5.41) is 9.15. The molecule has 1 aliphatic heterocycles. The maximum atomic E-state index is 11.2. The van der Waals surface area contributed by atoms with Crippen LogP contribution < -0.4 is 9.47 Å². The third kappa shape index (κ3) is 2.86. The highest BCUT2D eigenvalue weighted by Crippen LogP contribution is 2.50. The summed E-state index contributed by atoms with van der Waals surface area (Å²) < 4.78 is 11.4. The van der Waals surface area contributed by atoms with Crippen LogP contribution >= 0.6 is 0 Å². The first-order valence-corrected chi connectivity index (χ1v) is 7.30. The maximum absolute atomic E-state index is 11.2. The quantitative estimate of drug-likeness (QED) is 0.844. The van der Waals surface area contributed by atoms with Crippen LogP contribution in [0.4, 0.5) is 0 Å². The van der Waals surface area contributed by atoms with Crippen molar-refractivity contribution < 1.29 is 24.2 Å². The summed E-state index contributed by atoms with van der Waals surface area (Å²) in [6, 6.07) is 3.52. The summed E-state index contributed by atoms with van der Waals surface area (Å²) in [5.74, 6) is 0.540. The first-order chi connectivity index (χ1) is 10.2. The molecule has 1 aromatic carbocycles. The van der Waals surface area contributed by atoms with Gasteiger partial charge in [0.1, 0.15) is 0 Å². The number of carbonyl (C=O) groups excluding carboxylic acids is 1. The van der Waals surface area contributed by atoms with E-state index in [2.05, 4.69) is 0 Å². The van der Waals surface area contributed by atoms with Gasteiger partial charge in [-0.1, -0.05) is 6.07 Å². The van der Waals surface area contributed by atoms with Gasteiger partial charge in [0.25, 0.3) is 0 Å². The van der Waals surface area contributed by atoms with Crippen LogP contribution in [0.15, 0.2) is 12.1 Å². The standard InChI is InChI=1S/C16H18O5/c17-9-11-4-5-12(13(8-14(18)19)10-2-3-10)16-15(11)20-6-1-7-21-16/h4-5,9-10,13H,1-3,6-8H2,(H,18,19). The monoisotopic (exact) mass is 290 g/mol. The molecule has 0 aromatic heterocycles. The van der Waals surface area contributed by atoms with Gasteiger partial charge in [-0.3, -0.25) is 9.59 Å². The number of carboxylic acids is 1. The number of benzene rings is 1. The second kappa shape index (κ2) is 5.76. The number of aldehydes is 1. The van der Waals surface area contributed by atoms with Crippen LogP contribution in [0.3, 0.4) is 0 Å². The molecule has 1 heterocycles. The summed E-state index contributed by atoms with van der Waals surface area (Å²) in [7, 11) is 0. The summed E-state index contributed by atoms with van der Waals surface area (Å²) in [6.07, 6.45) is 3.67. The predicted molar refractivity (Wildman–Crippen MR) is 75.2 cm³/mol. The zero-order chi connectivity index (χ0) is 14.8. The van der Waals surface area contributed by atoms with Crippen LogP contribution in [-0.4, -0.2) is 30.6 Å². The minimum Gasteiger partial charge on any atom is -0.489 e. The Morgan fingerprint density at radius 2 is 2.00 bits per heavy atom. The van der Waals surface area contributed by atoms with Gasteiger partial charge in [-0.25, -0.2) is 0 Å². The molecule has 5 heteroatoms. The van der Waals surface area contributed by atoms with Gasteiger partial charge in [-0.2, -0.15) is 0 Å². The van der Waals surface area contributed by atoms with Crippen LogP contribution in [0.25, 0.3) is 0 Å². The SMILES string of the molecule is O=Cc1ccc(C(CC(=O)O)C2CC2)c2c1OCCCO2. The highest BCUT2D eigenvalue weighted by Gasteiger charge is 2.36. The molecule has 1 aliphatic carbocycles. The fourth-order valence-electron chi connectivity index (χ4n) is 2.90. The first kappa shape index (κ1) is 13.9. The van der Waals surface area contributed by atoms with Crippen molar-refractivity contribution in [2.75, 3.05) is 13.2 Å². The van der Waals surface area contributed by atoms with Crippen molar-refractivity contribution >= 4 is 12.3 Å². The molecule has 21 heavy (non-hydrogen) atoms. The molecule has 0 spiro atoms. The van der Waals surface area contributed by atoms with Crippen molar-refractivity contribution in [2.24, 2.45) is 5.92 Å². The van der Waals surface area contributed by atoms with Crippen molar-refractivity contribution in [2.45, 2.75) is 31.6 Å². The molecule has 112 valence electrons. The topological polar surface area (TPSA) is 72.8 Å². The molecule has 1 unspecified atom stereocenters. The number of carbonyl (C=O) groups is 2. The number of hydrogen-bond acceptors (Lipinski definition) is 4. The molecular weight excluding hydrogens is 272 g/mol. The molecule has 5 nitrogen and oxygen atoms in total. The van der Waals surface area contributed by atoms with E-state index >= 15 is 0 Å².